The highest BCUT2D eigenvalue weighted by atomic mass is 19.1. The summed E-state index contributed by atoms with van der Waals surface area (Å²) >= 11 is 0. The standard InChI is InChI=1S/C11H14FN3O/c1-7(16-3)11-8(13-2)6-14-15-9(11)4-5-10(15)12/h4-7,13H,1-3H3. The van der Waals surface area contributed by atoms with E-state index >= 15 is 0 Å². The van der Waals surface area contributed by atoms with Crippen LogP contribution in [-0.4, -0.2) is 23.8 Å². The fourth-order valence-corrected chi connectivity index (χ4v) is 1.79. The molecule has 1 unspecified atom stereocenters. The second-order valence-electron chi connectivity index (χ2n) is 3.55. The third kappa shape index (κ3) is 1.53. The molecule has 0 radical (unpaired) electrons. The van der Waals surface area contributed by atoms with Gasteiger partial charge in [-0.1, -0.05) is 0 Å². The predicted octanol–water partition coefficient (Wildman–Crippen LogP) is 2.22. The molecule has 86 valence electrons. The summed E-state index contributed by atoms with van der Waals surface area (Å²) < 4.78 is 19.9. The van der Waals surface area contributed by atoms with E-state index in [0.29, 0.717) is 0 Å². The average Bonchev–Trinajstić information content (AvgIpc) is 2.69. The van der Waals surface area contributed by atoms with Crippen LogP contribution in [0.2, 0.25) is 0 Å². The minimum atomic E-state index is -0.373. The van der Waals surface area contributed by atoms with Crippen molar-refractivity contribution in [3.05, 3.63) is 29.8 Å². The van der Waals surface area contributed by atoms with Crippen LogP contribution in [0.4, 0.5) is 10.1 Å². The van der Waals surface area contributed by atoms with Gasteiger partial charge >= 0.3 is 0 Å². The summed E-state index contributed by atoms with van der Waals surface area (Å²) in [6.45, 7) is 1.92. The van der Waals surface area contributed by atoms with Gasteiger partial charge in [-0.2, -0.15) is 9.49 Å². The number of hydrogen-bond acceptors (Lipinski definition) is 3. The molecule has 2 rings (SSSR count). The maximum atomic E-state index is 13.4. The summed E-state index contributed by atoms with van der Waals surface area (Å²) in [6.07, 6.45) is 1.48. The minimum Gasteiger partial charge on any atom is -0.386 e. The normalized spacial score (nSPS) is 13.0. The first kappa shape index (κ1) is 10.9. The molecule has 5 heteroatoms. The number of rotatable bonds is 3. The number of hydrogen-bond donors (Lipinski definition) is 1. The molecule has 1 atom stereocenters. The Morgan fingerprint density at radius 1 is 1.50 bits per heavy atom. The number of nitrogens with one attached hydrogen (secondary N) is 1. The highest BCUT2D eigenvalue weighted by molar-refractivity contribution is 5.67. The average molecular weight is 223 g/mol. The summed E-state index contributed by atoms with van der Waals surface area (Å²) in [7, 11) is 3.43. The summed E-state index contributed by atoms with van der Waals surface area (Å²) in [4.78, 5) is 0. The van der Waals surface area contributed by atoms with Crippen molar-refractivity contribution in [1.82, 2.24) is 9.61 Å². The van der Waals surface area contributed by atoms with Gasteiger partial charge in [0.1, 0.15) is 0 Å². The number of halogens is 1. The maximum Gasteiger partial charge on any atom is 0.214 e. The van der Waals surface area contributed by atoms with Gasteiger partial charge in [-0.05, 0) is 19.1 Å². The molecule has 0 saturated carbocycles. The van der Waals surface area contributed by atoms with Gasteiger partial charge in [0, 0.05) is 19.7 Å². The fraction of sp³-hybridized carbons (Fsp3) is 0.364. The summed E-state index contributed by atoms with van der Waals surface area (Å²) in [5.41, 5.74) is 2.47. The second kappa shape index (κ2) is 4.09. The Morgan fingerprint density at radius 2 is 2.25 bits per heavy atom. The third-order valence-corrected chi connectivity index (χ3v) is 2.71. The molecule has 1 N–H and O–H groups in total. The largest absolute Gasteiger partial charge is 0.386 e. The molecule has 4 nitrogen and oxygen atoms in total. The van der Waals surface area contributed by atoms with E-state index < -0.39 is 0 Å². The molecule has 0 amide bonds. The van der Waals surface area contributed by atoms with Crippen LogP contribution < -0.4 is 5.32 Å². The molecule has 0 aliphatic carbocycles. The van der Waals surface area contributed by atoms with Gasteiger partial charge in [0.05, 0.1) is 23.5 Å². The SMILES string of the molecule is CNc1cnn2c(F)ccc2c1C(C)OC. The first-order valence-corrected chi connectivity index (χ1v) is 5.05. The lowest BCUT2D eigenvalue weighted by Crippen LogP contribution is -2.07. The highest BCUT2D eigenvalue weighted by Gasteiger charge is 2.16. The lowest BCUT2D eigenvalue weighted by molar-refractivity contribution is 0.121. The van der Waals surface area contributed by atoms with E-state index in [2.05, 4.69) is 10.4 Å². The van der Waals surface area contributed by atoms with Gasteiger partial charge in [-0.25, -0.2) is 4.52 Å². The van der Waals surface area contributed by atoms with Crippen LogP contribution in [0.3, 0.4) is 0 Å². The Labute approximate surface area is 93.0 Å². The zero-order chi connectivity index (χ0) is 11.7. The number of ether oxygens (including phenoxy) is 1. The summed E-state index contributed by atoms with van der Waals surface area (Å²) in [5, 5.41) is 7.05. The molecule has 0 aliphatic rings. The maximum absolute atomic E-state index is 13.4. The van der Waals surface area contributed by atoms with Gasteiger partial charge < -0.3 is 10.1 Å². The number of methoxy groups -OCH3 is 1. The third-order valence-electron chi connectivity index (χ3n) is 2.71. The van der Waals surface area contributed by atoms with Crippen molar-refractivity contribution in [3.8, 4) is 0 Å². The van der Waals surface area contributed by atoms with Gasteiger partial charge in [0.15, 0.2) is 0 Å². The molecule has 16 heavy (non-hydrogen) atoms. The minimum absolute atomic E-state index is 0.123. The molecule has 0 aliphatic heterocycles. The smallest absolute Gasteiger partial charge is 0.214 e. The van der Waals surface area contributed by atoms with Crippen molar-refractivity contribution in [2.75, 3.05) is 19.5 Å². The number of aromatic nitrogens is 2. The molecular formula is C11H14FN3O. The van der Waals surface area contributed by atoms with E-state index in [1.807, 2.05) is 6.92 Å². The number of nitrogens with zero attached hydrogens (tertiary/aromatic N) is 2. The fourth-order valence-electron chi connectivity index (χ4n) is 1.79. The highest BCUT2D eigenvalue weighted by Crippen LogP contribution is 2.29. The molecule has 2 aromatic heterocycles. The summed E-state index contributed by atoms with van der Waals surface area (Å²) in [5.74, 6) is -0.373. The Hall–Kier alpha value is -1.62. The van der Waals surface area contributed by atoms with E-state index in [4.69, 9.17) is 4.74 Å². The molecule has 2 aromatic rings. The quantitative estimate of drug-likeness (QED) is 0.867. The van der Waals surface area contributed by atoms with Crippen molar-refractivity contribution in [3.63, 3.8) is 0 Å². The Morgan fingerprint density at radius 3 is 2.88 bits per heavy atom. The van der Waals surface area contributed by atoms with Crippen LogP contribution in [0.1, 0.15) is 18.6 Å². The molecule has 2 heterocycles. The molecule has 0 bridgehead atoms. The second-order valence-corrected chi connectivity index (χ2v) is 3.55. The topological polar surface area (TPSA) is 38.6 Å². The number of fused-ring (bicyclic) bond motifs is 1. The van der Waals surface area contributed by atoms with Crippen molar-refractivity contribution < 1.29 is 9.13 Å². The van der Waals surface area contributed by atoms with Crippen molar-refractivity contribution in [2.45, 2.75) is 13.0 Å². The van der Waals surface area contributed by atoms with Crippen molar-refractivity contribution >= 4 is 11.2 Å². The van der Waals surface area contributed by atoms with Gasteiger partial charge in [0.25, 0.3) is 0 Å². The Bertz CT molecular complexity index is 509. The van der Waals surface area contributed by atoms with Crippen LogP contribution in [0.25, 0.3) is 5.52 Å². The number of anilines is 1. The lowest BCUT2D eigenvalue weighted by atomic mass is 10.1. The zero-order valence-corrected chi connectivity index (χ0v) is 9.49. The van der Waals surface area contributed by atoms with Crippen LogP contribution in [0.5, 0.6) is 0 Å². The first-order valence-electron chi connectivity index (χ1n) is 5.05. The van der Waals surface area contributed by atoms with Crippen LogP contribution >= 0.6 is 0 Å². The molecule has 0 spiro atoms. The van der Waals surface area contributed by atoms with Gasteiger partial charge in [-0.3, -0.25) is 0 Å². The molecule has 0 saturated heterocycles. The molecule has 0 fully saturated rings. The van der Waals surface area contributed by atoms with E-state index in [9.17, 15) is 4.39 Å². The van der Waals surface area contributed by atoms with Gasteiger partial charge in [0.2, 0.25) is 5.95 Å². The molecule has 0 aromatic carbocycles. The van der Waals surface area contributed by atoms with Crippen LogP contribution in [0.15, 0.2) is 18.3 Å². The van der Waals surface area contributed by atoms with E-state index in [-0.39, 0.29) is 12.1 Å². The predicted molar refractivity (Wildman–Crippen MR) is 60.1 cm³/mol. The van der Waals surface area contributed by atoms with Gasteiger partial charge in [-0.15, -0.1) is 0 Å². The lowest BCUT2D eigenvalue weighted by Gasteiger charge is -2.16. The Balaban J connectivity index is 2.73. The van der Waals surface area contributed by atoms with Crippen molar-refractivity contribution in [1.29, 1.82) is 0 Å². The Kier molecular flexibility index (Phi) is 2.78. The molecular weight excluding hydrogens is 209 g/mol. The van der Waals surface area contributed by atoms with Crippen LogP contribution in [-0.2, 0) is 4.74 Å². The van der Waals surface area contributed by atoms with Crippen LogP contribution in [0, 0.1) is 5.95 Å². The van der Waals surface area contributed by atoms with E-state index in [1.165, 1.54) is 10.6 Å². The monoisotopic (exact) mass is 223 g/mol. The summed E-state index contributed by atoms with van der Waals surface area (Å²) in [6, 6.07) is 3.10. The van der Waals surface area contributed by atoms with E-state index in [0.717, 1.165) is 16.8 Å². The van der Waals surface area contributed by atoms with E-state index in [1.54, 1.807) is 26.4 Å². The zero-order valence-electron chi connectivity index (χ0n) is 9.49. The first-order chi connectivity index (χ1) is 7.69. The van der Waals surface area contributed by atoms with Crippen molar-refractivity contribution in [2.24, 2.45) is 0 Å².